The zero-order chi connectivity index (χ0) is 18.0. The molecule has 5 heteroatoms. The van der Waals surface area contributed by atoms with Gasteiger partial charge in [-0.15, -0.1) is 11.3 Å². The molecule has 0 atom stereocenters. The number of nitrogens with one attached hydrogen (secondary N) is 1. The van der Waals surface area contributed by atoms with Crippen molar-refractivity contribution in [2.24, 2.45) is 0 Å². The van der Waals surface area contributed by atoms with Crippen molar-refractivity contribution in [1.29, 1.82) is 0 Å². The molecule has 1 heterocycles. The van der Waals surface area contributed by atoms with E-state index in [-0.39, 0.29) is 12.5 Å². The van der Waals surface area contributed by atoms with Crippen LogP contribution in [0, 0.1) is 20.8 Å². The van der Waals surface area contributed by atoms with Gasteiger partial charge in [-0.1, -0.05) is 30.3 Å². The van der Waals surface area contributed by atoms with E-state index in [9.17, 15) is 9.59 Å². The fourth-order valence-corrected chi connectivity index (χ4v) is 3.74. The molecule has 25 heavy (non-hydrogen) atoms. The fourth-order valence-electron chi connectivity index (χ4n) is 2.64. The van der Waals surface area contributed by atoms with Crippen molar-refractivity contribution >= 4 is 39.0 Å². The predicted octanol–water partition coefficient (Wildman–Crippen LogP) is 4.62. The van der Waals surface area contributed by atoms with E-state index in [1.807, 2.05) is 63.2 Å². The summed E-state index contributed by atoms with van der Waals surface area (Å²) in [5.41, 5.74) is 3.72. The second-order valence-corrected chi connectivity index (χ2v) is 6.98. The molecule has 0 unspecified atom stereocenters. The van der Waals surface area contributed by atoms with Crippen LogP contribution in [-0.2, 0) is 9.53 Å². The van der Waals surface area contributed by atoms with Gasteiger partial charge in [-0.2, -0.15) is 0 Å². The number of esters is 1. The van der Waals surface area contributed by atoms with Gasteiger partial charge in [-0.05, 0) is 55.0 Å². The molecule has 4 nitrogen and oxygen atoms in total. The summed E-state index contributed by atoms with van der Waals surface area (Å²) in [5.74, 6) is -0.810. The summed E-state index contributed by atoms with van der Waals surface area (Å²) >= 11 is 1.39. The van der Waals surface area contributed by atoms with Gasteiger partial charge in [0.05, 0.1) is 0 Å². The average Bonchev–Trinajstić information content (AvgIpc) is 2.94. The smallest absolute Gasteiger partial charge is 0.349 e. The minimum atomic E-state index is -0.463. The summed E-state index contributed by atoms with van der Waals surface area (Å²) in [4.78, 5) is 24.9. The lowest BCUT2D eigenvalue weighted by Gasteiger charge is -2.10. The molecule has 0 spiro atoms. The van der Waals surface area contributed by atoms with Crippen molar-refractivity contribution in [3.63, 3.8) is 0 Å². The first-order valence-corrected chi connectivity index (χ1v) is 8.80. The monoisotopic (exact) mass is 353 g/mol. The molecule has 0 aliphatic heterocycles. The summed E-state index contributed by atoms with van der Waals surface area (Å²) in [6.07, 6.45) is 0. The zero-order valence-electron chi connectivity index (χ0n) is 14.4. The van der Waals surface area contributed by atoms with Gasteiger partial charge >= 0.3 is 5.97 Å². The molecule has 3 aromatic rings. The lowest BCUT2D eigenvalue weighted by molar-refractivity contribution is -0.119. The van der Waals surface area contributed by atoms with Crippen LogP contribution in [0.3, 0.4) is 0 Å². The van der Waals surface area contributed by atoms with E-state index in [4.69, 9.17) is 4.74 Å². The first kappa shape index (κ1) is 17.2. The van der Waals surface area contributed by atoms with E-state index < -0.39 is 5.97 Å². The van der Waals surface area contributed by atoms with Crippen molar-refractivity contribution in [2.45, 2.75) is 20.8 Å². The predicted molar refractivity (Wildman–Crippen MR) is 101 cm³/mol. The Morgan fingerprint density at radius 2 is 1.76 bits per heavy atom. The van der Waals surface area contributed by atoms with Crippen LogP contribution in [0.2, 0.25) is 0 Å². The number of amides is 1. The quantitative estimate of drug-likeness (QED) is 0.696. The Kier molecular flexibility index (Phi) is 4.86. The number of hydrogen-bond acceptors (Lipinski definition) is 4. The molecule has 0 aliphatic carbocycles. The standard InChI is InChI=1S/C20H19NO3S/c1-12-7-6-9-16(13(12)2)21-18(22)11-24-20(23)19-14(3)15-8-4-5-10-17(15)25-19/h4-10H,11H2,1-3H3,(H,21,22). The Labute approximate surface area is 150 Å². The van der Waals surface area contributed by atoms with Crippen LogP contribution in [0.25, 0.3) is 10.1 Å². The van der Waals surface area contributed by atoms with E-state index in [1.54, 1.807) is 0 Å². The number of carbonyl (C=O) groups excluding carboxylic acids is 2. The van der Waals surface area contributed by atoms with Gasteiger partial charge in [0, 0.05) is 10.4 Å². The Bertz CT molecular complexity index is 959. The topological polar surface area (TPSA) is 55.4 Å². The van der Waals surface area contributed by atoms with Gasteiger partial charge in [-0.25, -0.2) is 4.79 Å². The van der Waals surface area contributed by atoms with Gasteiger partial charge in [0.15, 0.2) is 6.61 Å². The summed E-state index contributed by atoms with van der Waals surface area (Å²) in [7, 11) is 0. The molecule has 0 radical (unpaired) electrons. The Balaban J connectivity index is 1.66. The maximum atomic E-state index is 12.3. The Morgan fingerprint density at radius 3 is 2.52 bits per heavy atom. The highest BCUT2D eigenvalue weighted by atomic mass is 32.1. The molecule has 128 valence electrons. The average molecular weight is 353 g/mol. The lowest BCUT2D eigenvalue weighted by atomic mass is 10.1. The van der Waals surface area contributed by atoms with Crippen molar-refractivity contribution in [2.75, 3.05) is 11.9 Å². The molecule has 0 saturated carbocycles. The fraction of sp³-hybridized carbons (Fsp3) is 0.200. The van der Waals surface area contributed by atoms with Crippen molar-refractivity contribution in [1.82, 2.24) is 0 Å². The zero-order valence-corrected chi connectivity index (χ0v) is 15.2. The van der Waals surface area contributed by atoms with E-state index in [0.717, 1.165) is 32.5 Å². The second-order valence-electron chi connectivity index (χ2n) is 5.92. The van der Waals surface area contributed by atoms with E-state index in [2.05, 4.69) is 5.32 Å². The molecular formula is C20H19NO3S. The summed E-state index contributed by atoms with van der Waals surface area (Å²) in [6.45, 7) is 5.51. The number of thiophene rings is 1. The minimum absolute atomic E-state index is 0.306. The first-order valence-electron chi connectivity index (χ1n) is 7.98. The van der Waals surface area contributed by atoms with E-state index in [0.29, 0.717) is 4.88 Å². The van der Waals surface area contributed by atoms with Crippen molar-refractivity contribution in [3.05, 3.63) is 64.0 Å². The van der Waals surface area contributed by atoms with Crippen LogP contribution >= 0.6 is 11.3 Å². The van der Waals surface area contributed by atoms with Crippen LogP contribution in [0.5, 0.6) is 0 Å². The van der Waals surface area contributed by atoms with Crippen LogP contribution in [-0.4, -0.2) is 18.5 Å². The van der Waals surface area contributed by atoms with Crippen LogP contribution in [0.15, 0.2) is 42.5 Å². The van der Waals surface area contributed by atoms with Crippen LogP contribution in [0.1, 0.15) is 26.4 Å². The molecule has 0 fully saturated rings. The van der Waals surface area contributed by atoms with Crippen LogP contribution < -0.4 is 5.32 Å². The van der Waals surface area contributed by atoms with E-state index >= 15 is 0 Å². The second kappa shape index (κ2) is 7.07. The van der Waals surface area contributed by atoms with Gasteiger partial charge in [-0.3, -0.25) is 4.79 Å². The van der Waals surface area contributed by atoms with Crippen molar-refractivity contribution in [3.8, 4) is 0 Å². The molecule has 0 saturated heterocycles. The maximum Gasteiger partial charge on any atom is 0.349 e. The van der Waals surface area contributed by atoms with Gasteiger partial charge in [0.1, 0.15) is 4.88 Å². The number of aryl methyl sites for hydroxylation is 2. The summed E-state index contributed by atoms with van der Waals surface area (Å²) in [6, 6.07) is 13.5. The number of benzene rings is 2. The third-order valence-electron chi connectivity index (χ3n) is 4.24. The third kappa shape index (κ3) is 3.56. The van der Waals surface area contributed by atoms with Gasteiger partial charge in [0.25, 0.3) is 5.91 Å². The highest BCUT2D eigenvalue weighted by molar-refractivity contribution is 7.21. The number of carbonyl (C=O) groups is 2. The molecule has 2 aromatic carbocycles. The largest absolute Gasteiger partial charge is 0.451 e. The number of anilines is 1. The van der Waals surface area contributed by atoms with Crippen molar-refractivity contribution < 1.29 is 14.3 Å². The summed E-state index contributed by atoms with van der Waals surface area (Å²) in [5, 5.41) is 3.83. The molecule has 3 rings (SSSR count). The first-order chi connectivity index (χ1) is 12.0. The molecule has 1 amide bonds. The van der Waals surface area contributed by atoms with E-state index in [1.165, 1.54) is 11.3 Å². The highest BCUT2D eigenvalue weighted by Gasteiger charge is 2.18. The Hall–Kier alpha value is -2.66. The SMILES string of the molecule is Cc1cccc(NC(=O)COC(=O)c2sc3ccccc3c2C)c1C. The van der Waals surface area contributed by atoms with Gasteiger partial charge < -0.3 is 10.1 Å². The maximum absolute atomic E-state index is 12.3. The van der Waals surface area contributed by atoms with Crippen LogP contribution in [0.4, 0.5) is 5.69 Å². The summed E-state index contributed by atoms with van der Waals surface area (Å²) < 4.78 is 6.24. The lowest BCUT2D eigenvalue weighted by Crippen LogP contribution is -2.21. The molecule has 1 aromatic heterocycles. The number of hydrogen-bond donors (Lipinski definition) is 1. The molecule has 0 aliphatic rings. The molecule has 1 N–H and O–H groups in total. The normalized spacial score (nSPS) is 10.7. The molecule has 0 bridgehead atoms. The third-order valence-corrected chi connectivity index (χ3v) is 5.50. The minimum Gasteiger partial charge on any atom is -0.451 e. The highest BCUT2D eigenvalue weighted by Crippen LogP contribution is 2.31. The van der Waals surface area contributed by atoms with Gasteiger partial charge in [0.2, 0.25) is 0 Å². The number of ether oxygens (including phenoxy) is 1. The molecular weight excluding hydrogens is 334 g/mol. The number of fused-ring (bicyclic) bond motifs is 1. The number of rotatable bonds is 4. The Morgan fingerprint density at radius 1 is 1.00 bits per heavy atom.